The van der Waals surface area contributed by atoms with Crippen molar-refractivity contribution in [2.45, 2.75) is 11.8 Å². The third-order valence-electron chi connectivity index (χ3n) is 6.26. The maximum Gasteiger partial charge on any atom is 0.436 e. The summed E-state index contributed by atoms with van der Waals surface area (Å²) >= 11 is 1.26. The molecule has 1 atom stereocenters. The molecule has 0 aliphatic carbocycles. The molecule has 1 aliphatic heterocycles. The van der Waals surface area contributed by atoms with Crippen LogP contribution in [-0.4, -0.2) is 48.1 Å². The number of anilines is 2. The van der Waals surface area contributed by atoms with Gasteiger partial charge in [0.05, 0.1) is 41.8 Å². The second-order valence-corrected chi connectivity index (χ2v) is 9.40. The van der Waals surface area contributed by atoms with Crippen LogP contribution in [0.1, 0.15) is 5.69 Å². The SMILES string of the molecule is C=C(NC1(C(F)(F)F)C(=C)Nc2nc3c(-c4ccc(OC)cc4)cccc3n21)c1csc(NCCOC)n1. The van der Waals surface area contributed by atoms with Crippen LogP contribution in [0, 0.1) is 0 Å². The summed E-state index contributed by atoms with van der Waals surface area (Å²) in [6.45, 7) is 8.57. The summed E-state index contributed by atoms with van der Waals surface area (Å²) in [5, 5.41) is 10.6. The van der Waals surface area contributed by atoms with E-state index in [2.05, 4.69) is 39.1 Å². The lowest BCUT2D eigenvalue weighted by Gasteiger charge is -2.36. The number of fused-ring (bicyclic) bond motifs is 3. The van der Waals surface area contributed by atoms with Gasteiger partial charge in [-0.05, 0) is 23.8 Å². The molecule has 8 nitrogen and oxygen atoms in total. The molecule has 0 amide bonds. The van der Waals surface area contributed by atoms with E-state index in [4.69, 9.17) is 9.47 Å². The monoisotopic (exact) mass is 542 g/mol. The molecule has 1 unspecified atom stereocenters. The molecule has 1 aliphatic rings. The Labute approximate surface area is 220 Å². The number of thiazole rings is 1. The normalized spacial score (nSPS) is 16.8. The highest BCUT2D eigenvalue weighted by Crippen LogP contribution is 2.49. The highest BCUT2D eigenvalue weighted by molar-refractivity contribution is 7.13. The quantitative estimate of drug-likeness (QED) is 0.236. The molecule has 3 N–H and O–H groups in total. The van der Waals surface area contributed by atoms with Crippen molar-refractivity contribution >= 4 is 39.1 Å². The van der Waals surface area contributed by atoms with E-state index in [1.165, 1.54) is 11.3 Å². The van der Waals surface area contributed by atoms with Gasteiger partial charge in [-0.1, -0.05) is 37.4 Å². The predicted molar refractivity (Wildman–Crippen MR) is 143 cm³/mol. The number of rotatable bonds is 9. The van der Waals surface area contributed by atoms with Crippen LogP contribution in [0.25, 0.3) is 27.9 Å². The fourth-order valence-electron chi connectivity index (χ4n) is 4.42. The standard InChI is InChI=1S/C26H25F3N6O2S/c1-15(20-14-38-24(32-20)30-12-13-36-3)34-25(26(27,28)29)16(2)31-23-33-22-19(6-5-7-21(22)35(23)25)17-8-10-18(37-4)11-9-17/h5-11,14,34H,1-2,12-13H2,3-4H3,(H,30,32)(H,31,33). The number of nitrogens with one attached hydrogen (secondary N) is 3. The molecule has 0 saturated heterocycles. The number of alkyl halides is 3. The molecule has 3 heterocycles. The van der Waals surface area contributed by atoms with Gasteiger partial charge in [-0.25, -0.2) is 9.97 Å². The van der Waals surface area contributed by atoms with E-state index in [0.717, 1.165) is 10.1 Å². The topological polar surface area (TPSA) is 85.3 Å². The van der Waals surface area contributed by atoms with Crippen LogP contribution in [-0.2, 0) is 10.4 Å². The lowest BCUT2D eigenvalue weighted by atomic mass is 10.0. The van der Waals surface area contributed by atoms with Gasteiger partial charge in [0.15, 0.2) is 5.13 Å². The summed E-state index contributed by atoms with van der Waals surface area (Å²) in [4.78, 5) is 8.93. The second kappa shape index (κ2) is 9.69. The van der Waals surface area contributed by atoms with E-state index in [1.54, 1.807) is 43.9 Å². The van der Waals surface area contributed by atoms with E-state index in [0.29, 0.717) is 35.1 Å². The van der Waals surface area contributed by atoms with Crippen LogP contribution in [0.5, 0.6) is 5.75 Å². The molecule has 0 radical (unpaired) electrons. The lowest BCUT2D eigenvalue weighted by molar-refractivity contribution is -0.203. The Hall–Kier alpha value is -4.03. The van der Waals surface area contributed by atoms with Crippen LogP contribution in [0.15, 0.2) is 66.7 Å². The van der Waals surface area contributed by atoms with Crippen molar-refractivity contribution in [3.8, 4) is 16.9 Å². The zero-order chi connectivity index (χ0) is 27.1. The number of para-hydroxylation sites is 1. The van der Waals surface area contributed by atoms with Gasteiger partial charge in [0.25, 0.3) is 5.66 Å². The number of hydrogen-bond acceptors (Lipinski definition) is 8. The number of imidazole rings is 1. The largest absolute Gasteiger partial charge is 0.497 e. The van der Waals surface area contributed by atoms with Gasteiger partial charge in [-0.15, -0.1) is 11.3 Å². The van der Waals surface area contributed by atoms with Gasteiger partial charge in [-0.3, -0.25) is 4.57 Å². The summed E-state index contributed by atoms with van der Waals surface area (Å²) in [5.41, 5.74) is -0.646. The number of benzene rings is 2. The van der Waals surface area contributed by atoms with Crippen molar-refractivity contribution in [1.82, 2.24) is 19.9 Å². The second-order valence-electron chi connectivity index (χ2n) is 8.55. The fourth-order valence-corrected chi connectivity index (χ4v) is 5.18. The summed E-state index contributed by atoms with van der Waals surface area (Å²) in [7, 11) is 3.14. The third-order valence-corrected chi connectivity index (χ3v) is 7.06. The van der Waals surface area contributed by atoms with Crippen molar-refractivity contribution in [3.63, 3.8) is 0 Å². The molecule has 0 spiro atoms. The van der Waals surface area contributed by atoms with Gasteiger partial charge in [0, 0.05) is 24.6 Å². The average Bonchev–Trinajstić information content (AvgIpc) is 3.58. The number of methoxy groups -OCH3 is 2. The molecule has 2 aromatic carbocycles. The summed E-state index contributed by atoms with van der Waals surface area (Å²) < 4.78 is 56.4. The van der Waals surface area contributed by atoms with Gasteiger partial charge in [0.1, 0.15) is 5.75 Å². The van der Waals surface area contributed by atoms with Crippen LogP contribution < -0.4 is 20.7 Å². The number of nitrogens with zero attached hydrogens (tertiary/aromatic N) is 3. The van der Waals surface area contributed by atoms with E-state index >= 15 is 13.2 Å². The molecular formula is C26H25F3N6O2S. The molecule has 2 aromatic heterocycles. The lowest BCUT2D eigenvalue weighted by Crippen LogP contribution is -2.56. The molecular weight excluding hydrogens is 517 g/mol. The number of hydrogen-bond donors (Lipinski definition) is 3. The Kier molecular flexibility index (Phi) is 6.53. The average molecular weight is 543 g/mol. The van der Waals surface area contributed by atoms with Crippen molar-refractivity contribution in [3.05, 3.63) is 72.4 Å². The molecule has 12 heteroatoms. The molecule has 0 saturated carbocycles. The summed E-state index contributed by atoms with van der Waals surface area (Å²) in [6.07, 6.45) is -4.81. The Bertz CT molecular complexity index is 1510. The Morgan fingerprint density at radius 1 is 1.16 bits per heavy atom. The third kappa shape index (κ3) is 4.15. The maximum atomic E-state index is 15.0. The molecule has 4 aromatic rings. The van der Waals surface area contributed by atoms with Gasteiger partial charge >= 0.3 is 6.18 Å². The first-order valence-electron chi connectivity index (χ1n) is 11.5. The Morgan fingerprint density at radius 2 is 1.92 bits per heavy atom. The van der Waals surface area contributed by atoms with E-state index in [9.17, 15) is 0 Å². The van der Waals surface area contributed by atoms with E-state index < -0.39 is 11.8 Å². The first-order valence-corrected chi connectivity index (χ1v) is 12.4. The van der Waals surface area contributed by atoms with Crippen LogP contribution in [0.2, 0.25) is 0 Å². The van der Waals surface area contributed by atoms with E-state index in [-0.39, 0.29) is 28.6 Å². The van der Waals surface area contributed by atoms with Gasteiger partial charge in [0.2, 0.25) is 5.95 Å². The molecule has 38 heavy (non-hydrogen) atoms. The molecule has 0 fully saturated rings. The van der Waals surface area contributed by atoms with Crippen molar-refractivity contribution in [2.75, 3.05) is 38.0 Å². The Balaban J connectivity index is 1.57. The highest BCUT2D eigenvalue weighted by atomic mass is 32.1. The van der Waals surface area contributed by atoms with Crippen LogP contribution >= 0.6 is 11.3 Å². The van der Waals surface area contributed by atoms with Crippen LogP contribution in [0.4, 0.5) is 24.3 Å². The first-order chi connectivity index (χ1) is 18.2. The number of aromatic nitrogens is 3. The number of ether oxygens (including phenoxy) is 2. The van der Waals surface area contributed by atoms with Crippen molar-refractivity contribution in [2.24, 2.45) is 0 Å². The van der Waals surface area contributed by atoms with Crippen LogP contribution in [0.3, 0.4) is 0 Å². The molecule has 5 rings (SSSR count). The minimum atomic E-state index is -4.81. The maximum absolute atomic E-state index is 15.0. The minimum absolute atomic E-state index is 0.0117. The number of halogens is 3. The molecule has 0 bridgehead atoms. The summed E-state index contributed by atoms with van der Waals surface area (Å²) in [5.74, 6) is 0.688. The Morgan fingerprint density at radius 3 is 2.61 bits per heavy atom. The minimum Gasteiger partial charge on any atom is -0.497 e. The predicted octanol–water partition coefficient (Wildman–Crippen LogP) is 5.64. The van der Waals surface area contributed by atoms with Crippen molar-refractivity contribution in [1.29, 1.82) is 0 Å². The summed E-state index contributed by atoms with van der Waals surface area (Å²) in [6, 6.07) is 12.4. The first kappa shape index (κ1) is 25.6. The zero-order valence-corrected chi connectivity index (χ0v) is 21.5. The van der Waals surface area contributed by atoms with Gasteiger partial charge in [-0.2, -0.15) is 13.2 Å². The smallest absolute Gasteiger partial charge is 0.436 e. The van der Waals surface area contributed by atoms with E-state index in [1.807, 2.05) is 18.2 Å². The molecule has 198 valence electrons. The van der Waals surface area contributed by atoms with Gasteiger partial charge < -0.3 is 25.4 Å². The highest BCUT2D eigenvalue weighted by Gasteiger charge is 2.63. The van der Waals surface area contributed by atoms with Crippen molar-refractivity contribution < 1.29 is 22.6 Å². The zero-order valence-electron chi connectivity index (χ0n) is 20.6. The fraction of sp³-hybridized carbons (Fsp3) is 0.231.